The number of hydrogen-bond donors (Lipinski definition) is 2. The molecule has 0 aliphatic heterocycles. The van der Waals surface area contributed by atoms with Gasteiger partial charge in [-0.3, -0.25) is 14.2 Å². The molecule has 3 aromatic rings. The van der Waals surface area contributed by atoms with E-state index < -0.39 is 12.0 Å². The third-order valence-electron chi connectivity index (χ3n) is 4.78. The number of nitrogens with two attached hydrogens (primary N) is 1. The Morgan fingerprint density at radius 2 is 2.03 bits per heavy atom. The predicted molar refractivity (Wildman–Crippen MR) is 126 cm³/mol. The number of carbonyl (C=O) groups is 2. The molecule has 0 fully saturated rings. The zero-order chi connectivity index (χ0) is 24.0. The van der Waals surface area contributed by atoms with Crippen molar-refractivity contribution >= 4 is 45.9 Å². The van der Waals surface area contributed by atoms with Gasteiger partial charge in [0, 0.05) is 10.9 Å². The number of carbonyl (C=O) groups excluding carboxylic acids is 2. The molecule has 0 aliphatic rings. The first-order valence-corrected chi connectivity index (χ1v) is 11.7. The number of rotatable bonds is 9. The van der Waals surface area contributed by atoms with Gasteiger partial charge in [0.2, 0.25) is 11.9 Å². The molecule has 3 rings (SSSR count). The Bertz CT molecular complexity index is 1180. The van der Waals surface area contributed by atoms with Crippen LogP contribution in [-0.4, -0.2) is 46.6 Å². The summed E-state index contributed by atoms with van der Waals surface area (Å²) >= 11 is 2.34. The van der Waals surface area contributed by atoms with Crippen molar-refractivity contribution in [2.75, 3.05) is 31.0 Å². The molecule has 0 aliphatic carbocycles. The van der Waals surface area contributed by atoms with Crippen LogP contribution in [0.15, 0.2) is 34.8 Å². The van der Waals surface area contributed by atoms with Crippen molar-refractivity contribution in [1.82, 2.24) is 14.8 Å². The zero-order valence-corrected chi connectivity index (χ0v) is 19.8. The first-order chi connectivity index (χ1) is 15.9. The highest BCUT2D eigenvalue weighted by Crippen LogP contribution is 2.36. The van der Waals surface area contributed by atoms with Crippen LogP contribution in [0.1, 0.15) is 24.9 Å². The van der Waals surface area contributed by atoms with Gasteiger partial charge in [-0.25, -0.2) is 0 Å². The SMILES string of the molecule is CCC(C(=O)Nc1scc(-c2ccc(OC)cc2)c1C#N)n1c(N)nnc1SCC(=O)OC. The summed E-state index contributed by atoms with van der Waals surface area (Å²) in [4.78, 5) is 24.7. The third kappa shape index (κ3) is 5.27. The van der Waals surface area contributed by atoms with Crippen LogP contribution in [0.5, 0.6) is 5.75 Å². The summed E-state index contributed by atoms with van der Waals surface area (Å²) < 4.78 is 11.3. The van der Waals surface area contributed by atoms with Gasteiger partial charge in [0.1, 0.15) is 22.9 Å². The Balaban J connectivity index is 1.85. The summed E-state index contributed by atoms with van der Waals surface area (Å²) in [6.45, 7) is 1.82. The van der Waals surface area contributed by atoms with Crippen molar-refractivity contribution in [3.05, 3.63) is 35.2 Å². The molecule has 0 saturated heterocycles. The maximum Gasteiger partial charge on any atom is 0.316 e. The van der Waals surface area contributed by atoms with Gasteiger partial charge in [0.05, 0.1) is 25.5 Å². The average molecular weight is 487 g/mol. The molecule has 2 heterocycles. The smallest absolute Gasteiger partial charge is 0.316 e. The highest BCUT2D eigenvalue weighted by molar-refractivity contribution is 7.99. The molecule has 0 saturated carbocycles. The standard InChI is InChI=1S/C21H22N6O4S2/c1-4-16(27-20(23)25-26-21(27)33-11-17(28)31-3)18(29)24-19-14(9-22)15(10-32-19)12-5-7-13(30-2)8-6-12/h5-8,10,16H,4,11H2,1-3H3,(H2,23,25)(H,24,29). The lowest BCUT2D eigenvalue weighted by atomic mass is 10.0. The van der Waals surface area contributed by atoms with E-state index in [9.17, 15) is 14.9 Å². The Hall–Kier alpha value is -3.56. The molecule has 2 aromatic heterocycles. The van der Waals surface area contributed by atoms with E-state index in [0.717, 1.165) is 17.3 Å². The number of ether oxygens (including phenoxy) is 2. The summed E-state index contributed by atoms with van der Waals surface area (Å²) in [7, 11) is 2.87. The second-order valence-electron chi connectivity index (χ2n) is 6.68. The second-order valence-corrected chi connectivity index (χ2v) is 8.50. The minimum Gasteiger partial charge on any atom is -0.497 e. The van der Waals surface area contributed by atoms with E-state index in [0.29, 0.717) is 33.5 Å². The lowest BCUT2D eigenvalue weighted by Gasteiger charge is -2.18. The van der Waals surface area contributed by atoms with Crippen LogP contribution in [0.25, 0.3) is 11.1 Å². The number of esters is 1. The van der Waals surface area contributed by atoms with Crippen molar-refractivity contribution in [1.29, 1.82) is 5.26 Å². The molecular weight excluding hydrogens is 464 g/mol. The van der Waals surface area contributed by atoms with Crippen molar-refractivity contribution in [3.63, 3.8) is 0 Å². The summed E-state index contributed by atoms with van der Waals surface area (Å²) in [5.41, 5.74) is 7.88. The van der Waals surface area contributed by atoms with Crippen LogP contribution in [0, 0.1) is 11.3 Å². The van der Waals surface area contributed by atoms with E-state index in [1.165, 1.54) is 23.0 Å². The van der Waals surface area contributed by atoms with Crippen molar-refractivity contribution in [3.8, 4) is 22.9 Å². The Morgan fingerprint density at radius 1 is 1.30 bits per heavy atom. The van der Waals surface area contributed by atoms with Gasteiger partial charge in [0.25, 0.3) is 0 Å². The molecule has 10 nitrogen and oxygen atoms in total. The van der Waals surface area contributed by atoms with E-state index in [-0.39, 0.29) is 17.6 Å². The fraction of sp³-hybridized carbons (Fsp3) is 0.286. The van der Waals surface area contributed by atoms with E-state index in [1.54, 1.807) is 7.11 Å². The van der Waals surface area contributed by atoms with E-state index >= 15 is 0 Å². The highest BCUT2D eigenvalue weighted by atomic mass is 32.2. The topological polar surface area (TPSA) is 145 Å². The molecule has 0 bridgehead atoms. The fourth-order valence-electron chi connectivity index (χ4n) is 3.09. The summed E-state index contributed by atoms with van der Waals surface area (Å²) in [5, 5.41) is 23.0. The molecule has 0 radical (unpaired) electrons. The minimum atomic E-state index is -0.738. The number of thioether (sulfide) groups is 1. The number of nitrogen functional groups attached to an aromatic ring is 1. The van der Waals surface area contributed by atoms with Crippen molar-refractivity contribution in [2.45, 2.75) is 24.5 Å². The number of nitrogens with zero attached hydrogens (tertiary/aromatic N) is 4. The normalized spacial score (nSPS) is 11.5. The van der Waals surface area contributed by atoms with Gasteiger partial charge in [-0.15, -0.1) is 21.5 Å². The van der Waals surface area contributed by atoms with Gasteiger partial charge >= 0.3 is 5.97 Å². The van der Waals surface area contributed by atoms with Crippen LogP contribution in [0.2, 0.25) is 0 Å². The molecule has 3 N–H and O–H groups in total. The lowest BCUT2D eigenvalue weighted by Crippen LogP contribution is -2.27. The van der Waals surface area contributed by atoms with E-state index in [1.807, 2.05) is 36.6 Å². The van der Waals surface area contributed by atoms with Gasteiger partial charge in [-0.1, -0.05) is 30.8 Å². The molecular formula is C21H22N6O4S2. The van der Waals surface area contributed by atoms with Gasteiger partial charge in [-0.05, 0) is 24.1 Å². The van der Waals surface area contributed by atoms with Gasteiger partial charge in [-0.2, -0.15) is 5.26 Å². The summed E-state index contributed by atoms with van der Waals surface area (Å²) in [6.07, 6.45) is 0.387. The van der Waals surface area contributed by atoms with Crippen molar-refractivity contribution in [2.24, 2.45) is 0 Å². The number of hydrogen-bond acceptors (Lipinski definition) is 10. The van der Waals surface area contributed by atoms with Crippen LogP contribution in [0.4, 0.5) is 10.9 Å². The van der Waals surface area contributed by atoms with E-state index in [2.05, 4.69) is 26.3 Å². The number of aromatic nitrogens is 3. The van der Waals surface area contributed by atoms with Crippen LogP contribution in [0.3, 0.4) is 0 Å². The molecule has 172 valence electrons. The fourth-order valence-corrected chi connectivity index (χ4v) is 4.83. The molecule has 12 heteroatoms. The largest absolute Gasteiger partial charge is 0.497 e. The number of amides is 1. The number of thiophene rings is 1. The number of nitrogens with one attached hydrogen (secondary N) is 1. The van der Waals surface area contributed by atoms with E-state index in [4.69, 9.17) is 10.5 Å². The number of benzene rings is 1. The lowest BCUT2D eigenvalue weighted by molar-refractivity contribution is -0.137. The summed E-state index contributed by atoms with van der Waals surface area (Å²) in [6, 6.07) is 8.76. The first kappa shape index (κ1) is 24.1. The monoisotopic (exact) mass is 486 g/mol. The quantitative estimate of drug-likeness (QED) is 0.343. The number of anilines is 2. The van der Waals surface area contributed by atoms with Gasteiger partial charge < -0.3 is 20.5 Å². The minimum absolute atomic E-state index is 0.00140. The molecule has 1 aromatic carbocycles. The first-order valence-electron chi connectivity index (χ1n) is 9.80. The van der Waals surface area contributed by atoms with Crippen LogP contribution < -0.4 is 15.8 Å². The Morgan fingerprint density at radius 3 is 2.64 bits per heavy atom. The highest BCUT2D eigenvalue weighted by Gasteiger charge is 2.27. The number of nitriles is 1. The Kier molecular flexibility index (Phi) is 7.92. The van der Waals surface area contributed by atoms with Gasteiger partial charge in [0.15, 0.2) is 5.16 Å². The molecule has 1 amide bonds. The molecule has 33 heavy (non-hydrogen) atoms. The summed E-state index contributed by atoms with van der Waals surface area (Å²) in [5.74, 6) is -0.0480. The van der Waals surface area contributed by atoms with Crippen LogP contribution in [-0.2, 0) is 14.3 Å². The van der Waals surface area contributed by atoms with Crippen molar-refractivity contribution < 1.29 is 19.1 Å². The maximum atomic E-state index is 13.2. The molecule has 1 atom stereocenters. The average Bonchev–Trinajstić information content (AvgIpc) is 3.41. The third-order valence-corrected chi connectivity index (χ3v) is 6.59. The number of methoxy groups -OCH3 is 2. The second kappa shape index (κ2) is 10.8. The maximum absolute atomic E-state index is 13.2. The Labute approximate surface area is 198 Å². The van der Waals surface area contributed by atoms with Crippen LogP contribution >= 0.6 is 23.1 Å². The predicted octanol–water partition coefficient (Wildman–Crippen LogP) is 3.32. The zero-order valence-electron chi connectivity index (χ0n) is 18.2. The molecule has 1 unspecified atom stereocenters. The molecule has 0 spiro atoms.